The third kappa shape index (κ3) is 4.14. The summed E-state index contributed by atoms with van der Waals surface area (Å²) in [5, 5.41) is 9.27. The molecule has 1 heterocycles. The van der Waals surface area contributed by atoms with Crippen molar-refractivity contribution in [3.05, 3.63) is 70.5 Å². The van der Waals surface area contributed by atoms with Crippen molar-refractivity contribution < 1.29 is 9.18 Å². The van der Waals surface area contributed by atoms with Crippen molar-refractivity contribution in [3.8, 4) is 11.4 Å². The SMILES string of the molecule is O=C(/C=C/c1cccc(F)c1)Nc1n[nH]c(-c2cccc(Br)c2)n1. The Balaban J connectivity index is 1.67. The van der Waals surface area contributed by atoms with Gasteiger partial charge in [0.25, 0.3) is 5.91 Å². The number of H-pyrrole nitrogens is 1. The van der Waals surface area contributed by atoms with Crippen molar-refractivity contribution in [3.63, 3.8) is 0 Å². The summed E-state index contributed by atoms with van der Waals surface area (Å²) in [6, 6.07) is 13.5. The van der Waals surface area contributed by atoms with Crippen LogP contribution in [0.4, 0.5) is 10.3 Å². The van der Waals surface area contributed by atoms with E-state index in [1.807, 2.05) is 24.3 Å². The van der Waals surface area contributed by atoms with E-state index in [-0.39, 0.29) is 11.8 Å². The summed E-state index contributed by atoms with van der Waals surface area (Å²) in [7, 11) is 0. The molecule has 0 aliphatic rings. The van der Waals surface area contributed by atoms with Crippen LogP contribution in [0.1, 0.15) is 5.56 Å². The Morgan fingerprint density at radius 1 is 1.21 bits per heavy atom. The van der Waals surface area contributed by atoms with Crippen LogP contribution in [0.3, 0.4) is 0 Å². The molecule has 0 saturated heterocycles. The number of anilines is 1. The zero-order valence-electron chi connectivity index (χ0n) is 12.3. The van der Waals surface area contributed by atoms with E-state index in [4.69, 9.17) is 0 Å². The first kappa shape index (κ1) is 16.1. The van der Waals surface area contributed by atoms with E-state index in [1.54, 1.807) is 12.1 Å². The molecule has 2 aromatic carbocycles. The first-order valence-corrected chi connectivity index (χ1v) is 7.82. The fourth-order valence-electron chi connectivity index (χ4n) is 2.02. The summed E-state index contributed by atoms with van der Waals surface area (Å²) in [5.74, 6) is -0.0520. The van der Waals surface area contributed by atoms with Gasteiger partial charge in [-0.3, -0.25) is 15.2 Å². The largest absolute Gasteiger partial charge is 0.290 e. The molecular weight excluding hydrogens is 375 g/mol. The van der Waals surface area contributed by atoms with Gasteiger partial charge in [-0.25, -0.2) is 4.39 Å². The molecule has 120 valence electrons. The molecule has 0 saturated carbocycles. The summed E-state index contributed by atoms with van der Waals surface area (Å²) in [6.45, 7) is 0. The maximum Gasteiger partial charge on any atom is 0.250 e. The van der Waals surface area contributed by atoms with Crippen LogP contribution >= 0.6 is 15.9 Å². The van der Waals surface area contributed by atoms with Gasteiger partial charge in [-0.15, -0.1) is 5.10 Å². The van der Waals surface area contributed by atoms with Crippen LogP contribution in [0.15, 0.2) is 59.1 Å². The molecule has 0 bridgehead atoms. The summed E-state index contributed by atoms with van der Waals surface area (Å²) in [5.41, 5.74) is 1.43. The second-order valence-electron chi connectivity index (χ2n) is 4.90. The highest BCUT2D eigenvalue weighted by molar-refractivity contribution is 9.10. The lowest BCUT2D eigenvalue weighted by molar-refractivity contribution is -0.111. The fourth-order valence-corrected chi connectivity index (χ4v) is 2.42. The molecule has 3 aromatic rings. The Morgan fingerprint density at radius 2 is 2.04 bits per heavy atom. The lowest BCUT2D eigenvalue weighted by atomic mass is 10.2. The van der Waals surface area contributed by atoms with Gasteiger partial charge >= 0.3 is 0 Å². The number of halogens is 2. The molecule has 1 aromatic heterocycles. The molecule has 0 atom stereocenters. The molecule has 5 nitrogen and oxygen atoms in total. The summed E-state index contributed by atoms with van der Waals surface area (Å²) >= 11 is 3.39. The van der Waals surface area contributed by atoms with E-state index in [2.05, 4.69) is 36.4 Å². The third-order valence-corrected chi connectivity index (χ3v) is 3.59. The number of hydrogen-bond donors (Lipinski definition) is 2. The topological polar surface area (TPSA) is 70.7 Å². The van der Waals surface area contributed by atoms with Crippen molar-refractivity contribution >= 4 is 33.9 Å². The number of aromatic amines is 1. The summed E-state index contributed by atoms with van der Waals surface area (Å²) < 4.78 is 14.0. The standard InChI is InChI=1S/C17H12BrFN4O/c18-13-5-2-4-12(10-13)16-21-17(23-22-16)20-15(24)8-7-11-3-1-6-14(19)9-11/h1-10H,(H2,20,21,22,23,24)/b8-7+. The quantitative estimate of drug-likeness (QED) is 0.665. The van der Waals surface area contributed by atoms with Gasteiger partial charge in [-0.05, 0) is 35.9 Å². The van der Waals surface area contributed by atoms with Crippen LogP contribution in [0.2, 0.25) is 0 Å². The predicted molar refractivity (Wildman–Crippen MR) is 93.6 cm³/mol. The van der Waals surface area contributed by atoms with Crippen LogP contribution in [-0.4, -0.2) is 21.1 Å². The Kier molecular flexibility index (Phi) is 4.81. The van der Waals surface area contributed by atoms with Crippen LogP contribution in [0, 0.1) is 5.82 Å². The number of carbonyl (C=O) groups excluding carboxylic acids is 1. The lowest BCUT2D eigenvalue weighted by Gasteiger charge is -1.97. The molecule has 0 fully saturated rings. The zero-order valence-corrected chi connectivity index (χ0v) is 13.9. The third-order valence-electron chi connectivity index (χ3n) is 3.09. The van der Waals surface area contributed by atoms with E-state index >= 15 is 0 Å². The zero-order chi connectivity index (χ0) is 16.9. The number of hydrogen-bond acceptors (Lipinski definition) is 3. The summed E-state index contributed by atoms with van der Waals surface area (Å²) in [6.07, 6.45) is 2.81. The van der Waals surface area contributed by atoms with Crippen LogP contribution in [-0.2, 0) is 4.79 Å². The minimum absolute atomic E-state index is 0.166. The number of aromatic nitrogens is 3. The molecule has 2 N–H and O–H groups in total. The van der Waals surface area contributed by atoms with Crippen LogP contribution in [0.25, 0.3) is 17.5 Å². The van der Waals surface area contributed by atoms with Crippen molar-refractivity contribution in [2.75, 3.05) is 5.32 Å². The maximum absolute atomic E-state index is 13.1. The molecule has 0 radical (unpaired) electrons. The number of benzene rings is 2. The van der Waals surface area contributed by atoms with E-state index in [0.717, 1.165) is 10.0 Å². The Hall–Kier alpha value is -2.80. The average Bonchev–Trinajstić information content (AvgIpc) is 3.01. The second kappa shape index (κ2) is 7.18. The molecule has 3 rings (SSSR count). The number of rotatable bonds is 4. The maximum atomic E-state index is 13.1. The molecule has 0 unspecified atom stereocenters. The Labute approximate surface area is 145 Å². The molecule has 7 heteroatoms. The van der Waals surface area contributed by atoms with E-state index in [9.17, 15) is 9.18 Å². The number of nitrogens with zero attached hydrogens (tertiary/aromatic N) is 2. The monoisotopic (exact) mass is 386 g/mol. The average molecular weight is 387 g/mol. The predicted octanol–water partition coefficient (Wildman–Crippen LogP) is 4.03. The van der Waals surface area contributed by atoms with E-state index in [1.165, 1.54) is 24.3 Å². The van der Waals surface area contributed by atoms with Gasteiger partial charge in [-0.1, -0.05) is 40.2 Å². The van der Waals surface area contributed by atoms with Gasteiger partial charge < -0.3 is 0 Å². The molecule has 0 spiro atoms. The van der Waals surface area contributed by atoms with Crippen molar-refractivity contribution in [1.29, 1.82) is 0 Å². The summed E-state index contributed by atoms with van der Waals surface area (Å²) in [4.78, 5) is 16.1. The fraction of sp³-hybridized carbons (Fsp3) is 0. The lowest BCUT2D eigenvalue weighted by Crippen LogP contribution is -2.09. The minimum atomic E-state index is -0.404. The number of carbonyl (C=O) groups is 1. The van der Waals surface area contributed by atoms with Crippen LogP contribution in [0.5, 0.6) is 0 Å². The van der Waals surface area contributed by atoms with Crippen molar-refractivity contribution in [1.82, 2.24) is 15.2 Å². The van der Waals surface area contributed by atoms with Gasteiger partial charge in [0.15, 0.2) is 5.82 Å². The van der Waals surface area contributed by atoms with Gasteiger partial charge in [0.2, 0.25) is 5.95 Å². The van der Waals surface area contributed by atoms with Crippen molar-refractivity contribution in [2.24, 2.45) is 0 Å². The van der Waals surface area contributed by atoms with E-state index in [0.29, 0.717) is 11.4 Å². The minimum Gasteiger partial charge on any atom is -0.290 e. The second-order valence-corrected chi connectivity index (χ2v) is 5.81. The molecular formula is C17H12BrFN4O. The normalized spacial score (nSPS) is 10.9. The molecule has 24 heavy (non-hydrogen) atoms. The molecule has 0 aliphatic heterocycles. The van der Waals surface area contributed by atoms with Crippen molar-refractivity contribution in [2.45, 2.75) is 0 Å². The highest BCUT2D eigenvalue weighted by Gasteiger charge is 2.07. The van der Waals surface area contributed by atoms with Crippen LogP contribution < -0.4 is 5.32 Å². The Bertz CT molecular complexity index is 907. The molecule has 0 aliphatic carbocycles. The van der Waals surface area contributed by atoms with Gasteiger partial charge in [0.05, 0.1) is 0 Å². The number of nitrogens with one attached hydrogen (secondary N) is 2. The highest BCUT2D eigenvalue weighted by Crippen LogP contribution is 2.20. The number of amides is 1. The molecule has 1 amide bonds. The highest BCUT2D eigenvalue weighted by atomic mass is 79.9. The van der Waals surface area contributed by atoms with Gasteiger partial charge in [-0.2, -0.15) is 4.98 Å². The Morgan fingerprint density at radius 3 is 2.83 bits per heavy atom. The van der Waals surface area contributed by atoms with Gasteiger partial charge in [0.1, 0.15) is 5.82 Å². The first-order valence-electron chi connectivity index (χ1n) is 7.03. The smallest absolute Gasteiger partial charge is 0.250 e. The van der Waals surface area contributed by atoms with E-state index < -0.39 is 5.91 Å². The first-order chi connectivity index (χ1) is 11.6. The van der Waals surface area contributed by atoms with Gasteiger partial charge in [0, 0.05) is 16.1 Å².